The summed E-state index contributed by atoms with van der Waals surface area (Å²) in [7, 11) is 0. The van der Waals surface area contributed by atoms with Crippen LogP contribution in [0.5, 0.6) is 5.75 Å². The summed E-state index contributed by atoms with van der Waals surface area (Å²) < 4.78 is 18.6. The predicted octanol–water partition coefficient (Wildman–Crippen LogP) is 5.86. The highest BCUT2D eigenvalue weighted by atomic mass is 35.5. The van der Waals surface area contributed by atoms with Crippen molar-refractivity contribution in [2.24, 2.45) is 0 Å². The molecule has 1 saturated heterocycles. The van der Waals surface area contributed by atoms with E-state index < -0.39 is 17.6 Å². The van der Waals surface area contributed by atoms with Gasteiger partial charge in [-0.05, 0) is 85.8 Å². The molecule has 0 aliphatic carbocycles. The predicted molar refractivity (Wildman–Crippen MR) is 145 cm³/mol. The third-order valence-electron chi connectivity index (χ3n) is 6.37. The third kappa shape index (κ3) is 7.10. The second-order valence-electron chi connectivity index (χ2n) is 9.04. The number of carbonyl (C=O) groups is 3. The lowest BCUT2D eigenvalue weighted by Crippen LogP contribution is -2.38. The minimum absolute atomic E-state index is 0.0871. The van der Waals surface area contributed by atoms with Gasteiger partial charge in [0.05, 0.1) is 12.2 Å². The molecule has 3 aromatic rings. The van der Waals surface area contributed by atoms with Crippen molar-refractivity contribution < 1.29 is 23.5 Å². The van der Waals surface area contributed by atoms with Gasteiger partial charge in [0.15, 0.2) is 0 Å². The van der Waals surface area contributed by atoms with Crippen LogP contribution in [0.2, 0.25) is 5.02 Å². The number of anilines is 2. The fourth-order valence-corrected chi connectivity index (χ4v) is 4.64. The van der Waals surface area contributed by atoms with Gasteiger partial charge in [0.25, 0.3) is 5.91 Å². The molecule has 1 aliphatic rings. The van der Waals surface area contributed by atoms with E-state index >= 15 is 0 Å². The van der Waals surface area contributed by atoms with Crippen molar-refractivity contribution in [1.29, 1.82) is 0 Å². The lowest BCUT2D eigenvalue weighted by atomic mass is 9.89. The fourth-order valence-electron chi connectivity index (χ4n) is 4.46. The topological polar surface area (TPSA) is 87.7 Å². The molecule has 0 saturated carbocycles. The number of piperidine rings is 1. The zero-order valence-corrected chi connectivity index (χ0v) is 21.8. The second-order valence-corrected chi connectivity index (χ2v) is 9.48. The number of carbonyl (C=O) groups excluding carboxylic acids is 3. The van der Waals surface area contributed by atoms with E-state index in [4.69, 9.17) is 16.3 Å². The lowest BCUT2D eigenvalue weighted by Gasteiger charge is -2.32. The Morgan fingerprint density at radius 3 is 2.08 bits per heavy atom. The first-order valence-corrected chi connectivity index (χ1v) is 12.9. The number of rotatable bonds is 8. The Morgan fingerprint density at radius 2 is 1.50 bits per heavy atom. The van der Waals surface area contributed by atoms with E-state index in [1.165, 1.54) is 24.3 Å². The Labute approximate surface area is 225 Å². The molecule has 1 aliphatic heterocycles. The van der Waals surface area contributed by atoms with Gasteiger partial charge < -0.3 is 20.3 Å². The van der Waals surface area contributed by atoms with Crippen molar-refractivity contribution >= 4 is 40.7 Å². The van der Waals surface area contributed by atoms with Gasteiger partial charge in [-0.2, -0.15) is 0 Å². The SMILES string of the molecule is CCOc1ccc(Cl)cc1C(=O)N1CCC(c2ccc(NC(=O)CC(=O)Nc3ccc(F)cc3)cc2)CC1. The largest absolute Gasteiger partial charge is 0.493 e. The smallest absolute Gasteiger partial charge is 0.257 e. The molecule has 0 aromatic heterocycles. The van der Waals surface area contributed by atoms with E-state index in [1.807, 2.05) is 36.1 Å². The van der Waals surface area contributed by atoms with Crippen molar-refractivity contribution in [3.05, 3.63) is 88.7 Å². The van der Waals surface area contributed by atoms with Crippen LogP contribution in [0.1, 0.15) is 48.0 Å². The number of hydrogen-bond donors (Lipinski definition) is 2. The Bertz CT molecular complexity index is 1290. The number of nitrogens with one attached hydrogen (secondary N) is 2. The van der Waals surface area contributed by atoms with Crippen LogP contribution in [0.3, 0.4) is 0 Å². The van der Waals surface area contributed by atoms with Gasteiger partial charge in [-0.25, -0.2) is 4.39 Å². The van der Waals surface area contributed by atoms with Gasteiger partial charge in [0.2, 0.25) is 11.8 Å². The summed E-state index contributed by atoms with van der Waals surface area (Å²) in [4.78, 5) is 39.3. The zero-order chi connectivity index (χ0) is 27.1. The number of ether oxygens (including phenoxy) is 1. The minimum atomic E-state index is -0.488. The van der Waals surface area contributed by atoms with E-state index in [9.17, 15) is 18.8 Å². The maximum Gasteiger partial charge on any atom is 0.257 e. The summed E-state index contributed by atoms with van der Waals surface area (Å²) in [5.74, 6) is -0.604. The molecule has 0 radical (unpaired) electrons. The van der Waals surface area contributed by atoms with Crippen LogP contribution < -0.4 is 15.4 Å². The van der Waals surface area contributed by atoms with E-state index in [1.54, 1.807) is 18.2 Å². The van der Waals surface area contributed by atoms with Crippen LogP contribution in [0.25, 0.3) is 0 Å². The van der Waals surface area contributed by atoms with Gasteiger partial charge in [-0.3, -0.25) is 14.4 Å². The maximum atomic E-state index is 13.1. The van der Waals surface area contributed by atoms with E-state index in [0.717, 1.165) is 18.4 Å². The van der Waals surface area contributed by atoms with Crippen LogP contribution in [-0.4, -0.2) is 42.3 Å². The molecule has 0 spiro atoms. The molecule has 0 unspecified atom stereocenters. The summed E-state index contributed by atoms with van der Waals surface area (Å²) in [5, 5.41) is 5.78. The first-order chi connectivity index (χ1) is 18.3. The van der Waals surface area contributed by atoms with Crippen molar-refractivity contribution in [3.8, 4) is 5.75 Å². The number of halogens is 2. The van der Waals surface area contributed by atoms with Crippen molar-refractivity contribution in [1.82, 2.24) is 4.90 Å². The molecular weight excluding hydrogens is 509 g/mol. The fraction of sp³-hybridized carbons (Fsp3) is 0.276. The van der Waals surface area contributed by atoms with Gasteiger partial charge in [0.1, 0.15) is 18.0 Å². The average molecular weight is 538 g/mol. The van der Waals surface area contributed by atoms with Gasteiger partial charge >= 0.3 is 0 Å². The standard InChI is InChI=1S/C29H29ClFN3O4/c1-2-38-26-12-5-21(30)17-25(26)29(37)34-15-13-20(14-16-34)19-3-8-23(9-4-19)32-27(35)18-28(36)33-24-10-6-22(31)7-11-24/h3-12,17,20H,2,13-16,18H2,1H3,(H,32,35)(H,33,36). The average Bonchev–Trinajstić information content (AvgIpc) is 2.91. The summed E-state index contributed by atoms with van der Waals surface area (Å²) in [6.07, 6.45) is 1.26. The molecule has 4 rings (SSSR count). The number of benzene rings is 3. The number of nitrogens with zero attached hydrogens (tertiary/aromatic N) is 1. The molecular formula is C29H29ClFN3O4. The van der Waals surface area contributed by atoms with E-state index in [2.05, 4.69) is 10.6 Å². The summed E-state index contributed by atoms with van der Waals surface area (Å²) in [6.45, 7) is 3.56. The van der Waals surface area contributed by atoms with Crippen LogP contribution in [0.15, 0.2) is 66.7 Å². The summed E-state index contributed by atoms with van der Waals surface area (Å²) in [6, 6.07) is 18.0. The van der Waals surface area contributed by atoms with Gasteiger partial charge in [-0.15, -0.1) is 0 Å². The maximum absolute atomic E-state index is 13.1. The highest BCUT2D eigenvalue weighted by molar-refractivity contribution is 6.31. The van der Waals surface area contributed by atoms with E-state index in [-0.39, 0.29) is 18.2 Å². The number of likely N-dealkylation sites (tertiary alicyclic amines) is 1. The lowest BCUT2D eigenvalue weighted by molar-refractivity contribution is -0.123. The molecule has 9 heteroatoms. The van der Waals surface area contributed by atoms with Crippen molar-refractivity contribution in [2.45, 2.75) is 32.1 Å². The Hall–Kier alpha value is -3.91. The molecule has 3 aromatic carbocycles. The van der Waals surface area contributed by atoms with Crippen LogP contribution >= 0.6 is 11.6 Å². The Morgan fingerprint density at radius 1 is 0.921 bits per heavy atom. The normalized spacial score (nSPS) is 13.6. The molecule has 1 heterocycles. The third-order valence-corrected chi connectivity index (χ3v) is 6.60. The highest BCUT2D eigenvalue weighted by Gasteiger charge is 2.26. The summed E-state index contributed by atoms with van der Waals surface area (Å²) >= 11 is 6.13. The molecule has 2 N–H and O–H groups in total. The molecule has 7 nitrogen and oxygen atoms in total. The van der Waals surface area contributed by atoms with Gasteiger partial charge in [0, 0.05) is 29.5 Å². The van der Waals surface area contributed by atoms with E-state index in [0.29, 0.717) is 47.4 Å². The quantitative estimate of drug-likeness (QED) is 0.352. The molecule has 1 fully saturated rings. The molecule has 198 valence electrons. The van der Waals surface area contributed by atoms with Gasteiger partial charge in [-0.1, -0.05) is 23.7 Å². The molecule has 3 amide bonds. The highest BCUT2D eigenvalue weighted by Crippen LogP contribution is 2.31. The first kappa shape index (κ1) is 27.1. The second kappa shape index (κ2) is 12.6. The molecule has 38 heavy (non-hydrogen) atoms. The monoisotopic (exact) mass is 537 g/mol. The zero-order valence-electron chi connectivity index (χ0n) is 21.0. The van der Waals surface area contributed by atoms with Crippen molar-refractivity contribution in [3.63, 3.8) is 0 Å². The number of hydrogen-bond acceptors (Lipinski definition) is 4. The number of amides is 3. The summed E-state index contributed by atoms with van der Waals surface area (Å²) in [5.41, 5.74) is 2.61. The molecule has 0 bridgehead atoms. The van der Waals surface area contributed by atoms with Crippen LogP contribution in [0.4, 0.5) is 15.8 Å². The van der Waals surface area contributed by atoms with Crippen molar-refractivity contribution in [2.75, 3.05) is 30.3 Å². The van der Waals surface area contributed by atoms with Crippen LogP contribution in [-0.2, 0) is 9.59 Å². The first-order valence-electron chi connectivity index (χ1n) is 12.5. The Kier molecular flexibility index (Phi) is 8.97. The molecule has 0 atom stereocenters. The Balaban J connectivity index is 1.27. The minimum Gasteiger partial charge on any atom is -0.493 e. The van der Waals surface area contributed by atoms with Crippen LogP contribution in [0, 0.1) is 5.82 Å².